The first kappa shape index (κ1) is 21.0. The van der Waals surface area contributed by atoms with Gasteiger partial charge >= 0.3 is 5.97 Å². The third-order valence-electron chi connectivity index (χ3n) is 5.07. The molecule has 0 saturated carbocycles. The molecule has 2 aromatic carbocycles. The molecule has 0 radical (unpaired) electrons. The topological polar surface area (TPSA) is 85.0 Å². The molecule has 0 unspecified atom stereocenters. The zero-order chi connectivity index (χ0) is 20.8. The molecule has 6 heteroatoms. The molecular formula is C23H27NO5. The first-order valence-corrected chi connectivity index (χ1v) is 10.2. The van der Waals surface area contributed by atoms with Crippen molar-refractivity contribution in [3.05, 3.63) is 48.0 Å². The predicted octanol–water partition coefficient (Wildman–Crippen LogP) is 2.96. The van der Waals surface area contributed by atoms with Crippen LogP contribution in [0.2, 0.25) is 0 Å². The zero-order valence-corrected chi connectivity index (χ0v) is 16.9. The average molecular weight is 397 g/mol. The molecule has 1 heterocycles. The first-order chi connectivity index (χ1) is 14.0. The van der Waals surface area contributed by atoms with Gasteiger partial charge in [0, 0.05) is 6.42 Å². The number of carbonyl (C=O) groups is 3. The maximum Gasteiger partial charge on any atom is 0.338 e. The number of carbonyl (C=O) groups excluding carboxylic acids is 3. The van der Waals surface area contributed by atoms with Gasteiger partial charge in [-0.3, -0.25) is 9.59 Å². The maximum absolute atomic E-state index is 12.8. The van der Waals surface area contributed by atoms with Crippen LogP contribution in [0.4, 0.5) is 0 Å². The lowest BCUT2D eigenvalue weighted by molar-refractivity contribution is -0.144. The number of ketones is 1. The summed E-state index contributed by atoms with van der Waals surface area (Å²) in [7, 11) is 0. The Hall–Kier alpha value is -2.73. The van der Waals surface area contributed by atoms with Crippen molar-refractivity contribution in [2.45, 2.75) is 57.8 Å². The van der Waals surface area contributed by atoms with Gasteiger partial charge in [-0.1, -0.05) is 55.8 Å². The Morgan fingerprint density at radius 1 is 1.07 bits per heavy atom. The van der Waals surface area contributed by atoms with E-state index in [2.05, 4.69) is 23.5 Å². The van der Waals surface area contributed by atoms with E-state index in [9.17, 15) is 14.4 Å². The maximum atomic E-state index is 12.8. The van der Waals surface area contributed by atoms with E-state index in [0.29, 0.717) is 19.3 Å². The van der Waals surface area contributed by atoms with Gasteiger partial charge in [0.25, 0.3) is 5.91 Å². The molecule has 6 nitrogen and oxygen atoms in total. The Labute approximate surface area is 170 Å². The van der Waals surface area contributed by atoms with Gasteiger partial charge in [0.15, 0.2) is 18.0 Å². The third kappa shape index (κ3) is 5.21. The third-order valence-corrected chi connectivity index (χ3v) is 5.07. The van der Waals surface area contributed by atoms with Crippen molar-refractivity contribution in [1.29, 1.82) is 0 Å². The molecule has 1 fully saturated rings. The van der Waals surface area contributed by atoms with Gasteiger partial charge in [-0.2, -0.15) is 0 Å². The van der Waals surface area contributed by atoms with Crippen LogP contribution in [0.25, 0.3) is 10.8 Å². The Morgan fingerprint density at radius 2 is 1.83 bits per heavy atom. The highest BCUT2D eigenvalue weighted by Crippen LogP contribution is 2.24. The van der Waals surface area contributed by atoms with Crippen LogP contribution >= 0.6 is 0 Å². The molecule has 0 spiro atoms. The minimum absolute atomic E-state index is 0.0125. The van der Waals surface area contributed by atoms with Crippen molar-refractivity contribution in [3.63, 3.8) is 0 Å². The number of aryl methyl sites for hydroxylation is 1. The summed E-state index contributed by atoms with van der Waals surface area (Å²) in [6.45, 7) is 3.89. The van der Waals surface area contributed by atoms with Crippen molar-refractivity contribution in [2.75, 3.05) is 6.61 Å². The first-order valence-electron chi connectivity index (χ1n) is 10.2. The predicted molar refractivity (Wildman–Crippen MR) is 109 cm³/mol. The summed E-state index contributed by atoms with van der Waals surface area (Å²) >= 11 is 0. The van der Waals surface area contributed by atoms with E-state index in [1.54, 1.807) is 6.92 Å². The molecule has 154 valence electrons. The van der Waals surface area contributed by atoms with Crippen LogP contribution in [0.15, 0.2) is 42.5 Å². The summed E-state index contributed by atoms with van der Waals surface area (Å²) in [5.41, 5.74) is 1.12. The van der Waals surface area contributed by atoms with Gasteiger partial charge in [-0.25, -0.2) is 4.79 Å². The van der Waals surface area contributed by atoms with Crippen LogP contribution in [0, 0.1) is 0 Å². The molecule has 1 saturated heterocycles. The molecule has 1 N–H and O–H groups in total. The summed E-state index contributed by atoms with van der Waals surface area (Å²) in [5.74, 6) is -0.983. The average Bonchev–Trinajstić information content (AvgIpc) is 3.53. The number of fused-ring (bicyclic) bond motifs is 1. The van der Waals surface area contributed by atoms with Crippen LogP contribution in [-0.2, 0) is 30.3 Å². The summed E-state index contributed by atoms with van der Waals surface area (Å²) in [6, 6.07) is 13.6. The van der Waals surface area contributed by atoms with Crippen molar-refractivity contribution in [3.8, 4) is 0 Å². The molecule has 2 aromatic rings. The number of hydrogen-bond acceptors (Lipinski definition) is 5. The van der Waals surface area contributed by atoms with Crippen LogP contribution in [0.5, 0.6) is 0 Å². The number of amides is 1. The monoisotopic (exact) mass is 397 g/mol. The summed E-state index contributed by atoms with van der Waals surface area (Å²) in [4.78, 5) is 36.8. The van der Waals surface area contributed by atoms with E-state index in [1.165, 1.54) is 0 Å². The number of Topliss-reactive ketones (excluding diaryl/α,β-unsaturated/α-hetero) is 1. The number of benzene rings is 2. The Kier molecular flexibility index (Phi) is 6.99. The molecule has 29 heavy (non-hydrogen) atoms. The van der Waals surface area contributed by atoms with Crippen LogP contribution in [0.1, 0.15) is 38.7 Å². The van der Waals surface area contributed by atoms with E-state index in [4.69, 9.17) is 9.47 Å². The fourth-order valence-corrected chi connectivity index (χ4v) is 3.51. The lowest BCUT2D eigenvalue weighted by Crippen LogP contribution is -2.43. The van der Waals surface area contributed by atoms with Gasteiger partial charge < -0.3 is 14.8 Å². The normalized spacial score (nSPS) is 18.8. The van der Waals surface area contributed by atoms with Crippen molar-refractivity contribution in [2.24, 2.45) is 0 Å². The highest BCUT2D eigenvalue weighted by atomic mass is 16.6. The Balaban J connectivity index is 1.58. The van der Waals surface area contributed by atoms with Crippen molar-refractivity contribution >= 4 is 28.4 Å². The molecule has 1 aliphatic rings. The molecule has 1 amide bonds. The second-order valence-electron chi connectivity index (χ2n) is 7.18. The van der Waals surface area contributed by atoms with Crippen molar-refractivity contribution in [1.82, 2.24) is 5.32 Å². The van der Waals surface area contributed by atoms with Crippen LogP contribution in [0.3, 0.4) is 0 Å². The largest absolute Gasteiger partial charge is 0.464 e. The molecule has 1 aliphatic heterocycles. The summed E-state index contributed by atoms with van der Waals surface area (Å²) < 4.78 is 9.99. The Bertz CT molecular complexity index is 888. The molecule has 0 aliphatic carbocycles. The summed E-state index contributed by atoms with van der Waals surface area (Å²) in [6.07, 6.45) is 0.546. The molecule has 0 aromatic heterocycles. The zero-order valence-electron chi connectivity index (χ0n) is 16.9. The van der Waals surface area contributed by atoms with E-state index in [0.717, 1.165) is 22.8 Å². The molecule has 0 bridgehead atoms. The lowest BCUT2D eigenvalue weighted by Gasteiger charge is -2.17. The van der Waals surface area contributed by atoms with Crippen LogP contribution < -0.4 is 5.32 Å². The highest BCUT2D eigenvalue weighted by molar-refractivity contribution is 5.96. The van der Waals surface area contributed by atoms with Gasteiger partial charge in [0.1, 0.15) is 0 Å². The van der Waals surface area contributed by atoms with Crippen molar-refractivity contribution < 1.29 is 23.9 Å². The quantitative estimate of drug-likeness (QED) is 0.492. The molecule has 3 rings (SSSR count). The standard InChI is InChI=1S/C23H27NO5/c1-3-8-18(24-22(26)20-21(29-20)23(27)28-4-2)19(25)14-13-16-11-7-10-15-9-5-6-12-17(15)16/h5-7,9-12,18,20-21H,3-4,8,13-14H2,1-2H3,(H,24,26)/t18-,20-,21-/m0/s1. The number of epoxide rings is 1. The minimum atomic E-state index is -0.862. The van der Waals surface area contributed by atoms with Crippen LogP contribution in [-0.4, -0.2) is 42.5 Å². The fourth-order valence-electron chi connectivity index (χ4n) is 3.51. The van der Waals surface area contributed by atoms with E-state index in [-0.39, 0.29) is 12.4 Å². The van der Waals surface area contributed by atoms with Gasteiger partial charge in [-0.05, 0) is 36.1 Å². The van der Waals surface area contributed by atoms with Gasteiger partial charge in [0.2, 0.25) is 0 Å². The van der Waals surface area contributed by atoms with E-state index >= 15 is 0 Å². The van der Waals surface area contributed by atoms with E-state index in [1.807, 2.05) is 31.2 Å². The molecular weight excluding hydrogens is 370 g/mol. The number of rotatable bonds is 10. The van der Waals surface area contributed by atoms with Gasteiger partial charge in [-0.15, -0.1) is 0 Å². The second-order valence-corrected chi connectivity index (χ2v) is 7.18. The lowest BCUT2D eigenvalue weighted by atomic mass is 9.97. The molecule has 3 atom stereocenters. The van der Waals surface area contributed by atoms with Gasteiger partial charge in [0.05, 0.1) is 12.6 Å². The SMILES string of the molecule is CCC[C@H](NC(=O)[C@H]1O[C@@H]1C(=O)OCC)C(=O)CCc1cccc2ccccc12. The Morgan fingerprint density at radius 3 is 2.59 bits per heavy atom. The minimum Gasteiger partial charge on any atom is -0.464 e. The number of nitrogens with one attached hydrogen (secondary N) is 1. The number of esters is 1. The highest BCUT2D eigenvalue weighted by Gasteiger charge is 2.52. The number of hydrogen-bond donors (Lipinski definition) is 1. The summed E-state index contributed by atoms with van der Waals surface area (Å²) in [5, 5.41) is 5.05. The fraction of sp³-hybridized carbons (Fsp3) is 0.435. The van der Waals surface area contributed by atoms with E-state index < -0.39 is 30.1 Å². The second kappa shape index (κ2) is 9.65. The number of ether oxygens (including phenoxy) is 2. The smallest absolute Gasteiger partial charge is 0.338 e.